The zero-order chi connectivity index (χ0) is 19.7. The van der Waals surface area contributed by atoms with Crippen LogP contribution in [0.15, 0.2) is 18.2 Å². The second-order valence-corrected chi connectivity index (χ2v) is 6.44. The maximum absolute atomic E-state index is 12.5. The summed E-state index contributed by atoms with van der Waals surface area (Å²) in [5.74, 6) is 0. The van der Waals surface area contributed by atoms with Gasteiger partial charge in [0.1, 0.15) is 0 Å². The number of nitrogens with one attached hydrogen (secondary N) is 3. The highest BCUT2D eigenvalue weighted by atomic mass is 16.2. The van der Waals surface area contributed by atoms with E-state index in [4.69, 9.17) is 0 Å². The first kappa shape index (κ1) is 21.6. The molecule has 0 fully saturated rings. The van der Waals surface area contributed by atoms with Crippen LogP contribution < -0.4 is 20.9 Å². The standard InChI is InChI=1S/C19H33N5O2/c1-7-14(4)24(19(26)21-9-3)13-15-12-16(22-18(25)20-8-2)10-11-17(15)23(5)6/h10-12,14H,7-9,13H2,1-6H3,(H,21,26)(H2,20,22,25)/t14-/m0/s1. The highest BCUT2D eigenvalue weighted by molar-refractivity contribution is 5.89. The van der Waals surface area contributed by atoms with E-state index in [1.165, 1.54) is 0 Å². The van der Waals surface area contributed by atoms with E-state index in [-0.39, 0.29) is 18.1 Å². The molecule has 0 spiro atoms. The minimum absolute atomic E-state index is 0.0753. The molecular formula is C19H33N5O2. The van der Waals surface area contributed by atoms with Crippen molar-refractivity contribution < 1.29 is 9.59 Å². The molecule has 0 aliphatic rings. The number of amides is 4. The number of nitrogens with zero attached hydrogens (tertiary/aromatic N) is 2. The molecule has 3 N–H and O–H groups in total. The lowest BCUT2D eigenvalue weighted by Gasteiger charge is -2.30. The van der Waals surface area contributed by atoms with Crippen molar-refractivity contribution in [2.75, 3.05) is 37.4 Å². The Hall–Kier alpha value is -2.44. The molecule has 7 nitrogen and oxygen atoms in total. The number of hydrogen-bond acceptors (Lipinski definition) is 3. The molecule has 0 aliphatic heterocycles. The van der Waals surface area contributed by atoms with Gasteiger partial charge in [-0.15, -0.1) is 0 Å². The fourth-order valence-corrected chi connectivity index (χ4v) is 2.65. The van der Waals surface area contributed by atoms with Gasteiger partial charge in [0, 0.05) is 51.1 Å². The van der Waals surface area contributed by atoms with Gasteiger partial charge in [0.15, 0.2) is 0 Å². The SMILES string of the molecule is CCNC(=O)Nc1ccc(N(C)C)c(CN(C(=O)NCC)[C@@H](C)CC)c1. The summed E-state index contributed by atoms with van der Waals surface area (Å²) < 4.78 is 0. The molecule has 1 aromatic rings. The minimum atomic E-state index is -0.237. The van der Waals surface area contributed by atoms with E-state index in [2.05, 4.69) is 22.9 Å². The Bertz CT molecular complexity index is 604. The van der Waals surface area contributed by atoms with Crippen LogP contribution in [0.1, 0.15) is 39.7 Å². The van der Waals surface area contributed by atoms with Gasteiger partial charge >= 0.3 is 12.1 Å². The zero-order valence-electron chi connectivity index (χ0n) is 16.8. The number of hydrogen-bond donors (Lipinski definition) is 3. The summed E-state index contributed by atoms with van der Waals surface area (Å²) in [6.45, 7) is 9.52. The molecule has 1 atom stereocenters. The topological polar surface area (TPSA) is 76.7 Å². The van der Waals surface area contributed by atoms with Gasteiger partial charge in [0.2, 0.25) is 0 Å². The Morgan fingerprint density at radius 3 is 2.27 bits per heavy atom. The monoisotopic (exact) mass is 363 g/mol. The molecule has 0 aromatic heterocycles. The Morgan fingerprint density at radius 2 is 1.73 bits per heavy atom. The molecule has 0 saturated heterocycles. The van der Waals surface area contributed by atoms with Gasteiger partial charge in [0.05, 0.1) is 0 Å². The van der Waals surface area contributed by atoms with Gasteiger partial charge in [-0.05, 0) is 51.0 Å². The molecule has 0 heterocycles. The van der Waals surface area contributed by atoms with Gasteiger partial charge in [-0.1, -0.05) is 6.92 Å². The van der Waals surface area contributed by atoms with Crippen molar-refractivity contribution >= 4 is 23.4 Å². The normalized spacial score (nSPS) is 11.5. The van der Waals surface area contributed by atoms with Gasteiger partial charge in [0.25, 0.3) is 0 Å². The van der Waals surface area contributed by atoms with Crippen molar-refractivity contribution in [2.45, 2.75) is 46.7 Å². The van der Waals surface area contributed by atoms with E-state index in [0.29, 0.717) is 25.3 Å². The Balaban J connectivity index is 3.15. The molecule has 26 heavy (non-hydrogen) atoms. The summed E-state index contributed by atoms with van der Waals surface area (Å²) in [6.07, 6.45) is 0.866. The van der Waals surface area contributed by atoms with Crippen molar-refractivity contribution in [2.24, 2.45) is 0 Å². The Morgan fingerprint density at radius 1 is 1.08 bits per heavy atom. The first-order valence-electron chi connectivity index (χ1n) is 9.23. The van der Waals surface area contributed by atoms with Crippen LogP contribution in [0, 0.1) is 0 Å². The fraction of sp³-hybridized carbons (Fsp3) is 0.579. The van der Waals surface area contributed by atoms with Crippen LogP contribution in [0.3, 0.4) is 0 Å². The summed E-state index contributed by atoms with van der Waals surface area (Å²) in [5.41, 5.74) is 2.71. The fourth-order valence-electron chi connectivity index (χ4n) is 2.65. The van der Waals surface area contributed by atoms with Gasteiger partial charge in [-0.2, -0.15) is 0 Å². The average molecular weight is 364 g/mol. The lowest BCUT2D eigenvalue weighted by atomic mass is 10.1. The van der Waals surface area contributed by atoms with Crippen molar-refractivity contribution in [3.63, 3.8) is 0 Å². The zero-order valence-corrected chi connectivity index (χ0v) is 16.8. The third-order valence-corrected chi connectivity index (χ3v) is 4.21. The third kappa shape index (κ3) is 6.13. The summed E-state index contributed by atoms with van der Waals surface area (Å²) in [5, 5.41) is 8.44. The molecular weight excluding hydrogens is 330 g/mol. The summed E-state index contributed by atoms with van der Waals surface area (Å²) in [6, 6.07) is 5.56. The van der Waals surface area contributed by atoms with Crippen LogP contribution in [0.2, 0.25) is 0 Å². The van der Waals surface area contributed by atoms with Crippen LogP contribution >= 0.6 is 0 Å². The number of benzene rings is 1. The Kier molecular flexibility index (Phi) is 8.75. The first-order chi connectivity index (χ1) is 12.3. The molecule has 1 rings (SSSR count). The van der Waals surface area contributed by atoms with E-state index in [1.54, 1.807) is 0 Å². The number of anilines is 2. The highest BCUT2D eigenvalue weighted by Gasteiger charge is 2.20. The summed E-state index contributed by atoms with van der Waals surface area (Å²) in [7, 11) is 3.94. The van der Waals surface area contributed by atoms with Crippen LogP contribution in [0.25, 0.3) is 0 Å². The van der Waals surface area contributed by atoms with E-state index < -0.39 is 0 Å². The van der Waals surface area contributed by atoms with Crippen LogP contribution in [-0.4, -0.2) is 50.2 Å². The minimum Gasteiger partial charge on any atom is -0.377 e. The number of carbonyl (C=O) groups is 2. The van der Waals surface area contributed by atoms with Crippen molar-refractivity contribution in [3.8, 4) is 0 Å². The molecule has 0 bridgehead atoms. The highest BCUT2D eigenvalue weighted by Crippen LogP contribution is 2.25. The summed E-state index contributed by atoms with van der Waals surface area (Å²) in [4.78, 5) is 28.2. The van der Waals surface area contributed by atoms with Crippen molar-refractivity contribution in [1.82, 2.24) is 15.5 Å². The van der Waals surface area contributed by atoms with E-state index in [0.717, 1.165) is 17.7 Å². The van der Waals surface area contributed by atoms with Crippen molar-refractivity contribution in [3.05, 3.63) is 23.8 Å². The van der Waals surface area contributed by atoms with E-state index in [1.807, 2.05) is 62.9 Å². The largest absolute Gasteiger partial charge is 0.377 e. The van der Waals surface area contributed by atoms with Crippen LogP contribution in [0.5, 0.6) is 0 Å². The maximum Gasteiger partial charge on any atom is 0.319 e. The lowest BCUT2D eigenvalue weighted by molar-refractivity contribution is 0.174. The third-order valence-electron chi connectivity index (χ3n) is 4.21. The molecule has 0 saturated carbocycles. The van der Waals surface area contributed by atoms with Crippen LogP contribution in [0.4, 0.5) is 21.0 Å². The molecule has 4 amide bonds. The van der Waals surface area contributed by atoms with E-state index in [9.17, 15) is 9.59 Å². The number of rotatable bonds is 8. The summed E-state index contributed by atoms with van der Waals surface area (Å²) >= 11 is 0. The number of urea groups is 2. The molecule has 1 aromatic carbocycles. The second-order valence-electron chi connectivity index (χ2n) is 6.44. The van der Waals surface area contributed by atoms with Gasteiger partial charge < -0.3 is 25.8 Å². The maximum atomic E-state index is 12.5. The molecule has 0 aliphatic carbocycles. The lowest BCUT2D eigenvalue weighted by Crippen LogP contribution is -2.44. The van der Waals surface area contributed by atoms with Crippen molar-refractivity contribution in [1.29, 1.82) is 0 Å². The number of carbonyl (C=O) groups excluding carboxylic acids is 2. The predicted octanol–water partition coefficient (Wildman–Crippen LogP) is 3.22. The quantitative estimate of drug-likeness (QED) is 0.664. The van der Waals surface area contributed by atoms with Gasteiger partial charge in [-0.3, -0.25) is 0 Å². The molecule has 7 heteroatoms. The van der Waals surface area contributed by atoms with E-state index >= 15 is 0 Å². The first-order valence-corrected chi connectivity index (χ1v) is 9.23. The Labute approximate surface area is 157 Å². The van der Waals surface area contributed by atoms with Crippen LogP contribution in [-0.2, 0) is 6.54 Å². The predicted molar refractivity (Wildman–Crippen MR) is 108 cm³/mol. The molecule has 0 unspecified atom stereocenters. The molecule has 0 radical (unpaired) electrons. The smallest absolute Gasteiger partial charge is 0.319 e. The average Bonchev–Trinajstić information content (AvgIpc) is 2.59. The molecule has 146 valence electrons. The van der Waals surface area contributed by atoms with Gasteiger partial charge in [-0.25, -0.2) is 9.59 Å². The second kappa shape index (κ2) is 10.5.